The van der Waals surface area contributed by atoms with Crippen molar-refractivity contribution in [2.45, 2.75) is 40.0 Å². The van der Waals surface area contributed by atoms with Gasteiger partial charge in [-0.25, -0.2) is 0 Å². The number of piperidine rings is 1. The van der Waals surface area contributed by atoms with Crippen molar-refractivity contribution in [3.05, 3.63) is 28.8 Å². The zero-order valence-electron chi connectivity index (χ0n) is 15.7. The van der Waals surface area contributed by atoms with Crippen LogP contribution in [0.4, 0.5) is 5.69 Å². The summed E-state index contributed by atoms with van der Waals surface area (Å²) in [4.78, 5) is 24.5. The monoisotopic (exact) mass is 401 g/mol. The Hall–Kier alpha value is -1.30. The summed E-state index contributed by atoms with van der Waals surface area (Å²) in [5.74, 6) is 0.0106. The Morgan fingerprint density at radius 1 is 1.27 bits per heavy atom. The van der Waals surface area contributed by atoms with Crippen LogP contribution in [0.5, 0.6) is 0 Å². The van der Waals surface area contributed by atoms with Crippen molar-refractivity contribution in [2.75, 3.05) is 25.0 Å². The van der Waals surface area contributed by atoms with Gasteiger partial charge in [0.2, 0.25) is 5.91 Å². The van der Waals surface area contributed by atoms with Crippen molar-refractivity contribution in [1.82, 2.24) is 10.6 Å². The lowest BCUT2D eigenvalue weighted by molar-refractivity contribution is -0.116. The highest BCUT2D eigenvalue weighted by atomic mass is 35.5. The molecule has 2 rings (SSSR count). The average molecular weight is 402 g/mol. The Morgan fingerprint density at radius 2 is 1.92 bits per heavy atom. The van der Waals surface area contributed by atoms with Gasteiger partial charge in [0.25, 0.3) is 5.91 Å². The van der Waals surface area contributed by atoms with Gasteiger partial charge in [-0.3, -0.25) is 9.59 Å². The lowest BCUT2D eigenvalue weighted by Crippen LogP contribution is -2.42. The molecule has 1 aromatic rings. The number of rotatable bonds is 6. The van der Waals surface area contributed by atoms with Gasteiger partial charge in [-0.2, -0.15) is 0 Å². The highest BCUT2D eigenvalue weighted by Gasteiger charge is 2.27. The zero-order chi connectivity index (χ0) is 18.4. The lowest BCUT2D eigenvalue weighted by Gasteiger charge is -2.34. The topological polar surface area (TPSA) is 70.2 Å². The highest BCUT2D eigenvalue weighted by Crippen LogP contribution is 2.27. The van der Waals surface area contributed by atoms with Crippen LogP contribution < -0.4 is 16.0 Å². The average Bonchev–Trinajstić information content (AvgIpc) is 2.54. The number of halogens is 2. The van der Waals surface area contributed by atoms with E-state index in [1.54, 1.807) is 18.2 Å². The molecule has 26 heavy (non-hydrogen) atoms. The molecule has 1 saturated heterocycles. The second-order valence-corrected chi connectivity index (χ2v) is 7.99. The fraction of sp³-hybridized carbons (Fsp3) is 0.579. The molecule has 3 N–H and O–H groups in total. The molecule has 0 aromatic heterocycles. The molecule has 146 valence electrons. The fourth-order valence-corrected chi connectivity index (χ4v) is 3.16. The van der Waals surface area contributed by atoms with Gasteiger partial charge < -0.3 is 16.0 Å². The molecule has 0 saturated carbocycles. The maximum absolute atomic E-state index is 12.5. The number of carbonyl (C=O) groups excluding carboxylic acids is 2. The van der Waals surface area contributed by atoms with E-state index in [2.05, 4.69) is 22.9 Å². The minimum atomic E-state index is -0.204. The molecule has 0 radical (unpaired) electrons. The van der Waals surface area contributed by atoms with E-state index >= 15 is 0 Å². The summed E-state index contributed by atoms with van der Waals surface area (Å²) in [5, 5.41) is 9.54. The minimum absolute atomic E-state index is 0. The lowest BCUT2D eigenvalue weighted by atomic mass is 9.81. The SMILES string of the molecule is CC(C)CC(=O)Nc1ccc(Cl)c(C(=O)NCC2(C)CCNCC2)c1.Cl. The third kappa shape index (κ3) is 6.78. The molecule has 0 bridgehead atoms. The van der Waals surface area contributed by atoms with E-state index in [0.29, 0.717) is 29.2 Å². The van der Waals surface area contributed by atoms with Crippen LogP contribution in [0.15, 0.2) is 18.2 Å². The van der Waals surface area contributed by atoms with Gasteiger partial charge >= 0.3 is 0 Å². The molecule has 7 heteroatoms. The highest BCUT2D eigenvalue weighted by molar-refractivity contribution is 6.34. The third-order valence-electron chi connectivity index (χ3n) is 4.57. The predicted molar refractivity (Wildman–Crippen MR) is 109 cm³/mol. The van der Waals surface area contributed by atoms with Crippen LogP contribution in [0.3, 0.4) is 0 Å². The molecule has 1 fully saturated rings. The first-order chi connectivity index (χ1) is 11.8. The van der Waals surface area contributed by atoms with Crippen LogP contribution in [-0.4, -0.2) is 31.4 Å². The first kappa shape index (κ1) is 22.7. The van der Waals surface area contributed by atoms with Gasteiger partial charge in [-0.15, -0.1) is 12.4 Å². The summed E-state index contributed by atoms with van der Waals surface area (Å²) in [6.07, 6.45) is 2.51. The summed E-state index contributed by atoms with van der Waals surface area (Å²) in [6.45, 7) is 8.74. The minimum Gasteiger partial charge on any atom is -0.351 e. The van der Waals surface area contributed by atoms with E-state index in [9.17, 15) is 9.59 Å². The summed E-state index contributed by atoms with van der Waals surface area (Å²) >= 11 is 6.18. The largest absolute Gasteiger partial charge is 0.351 e. The van der Waals surface area contributed by atoms with Crippen molar-refractivity contribution >= 4 is 41.5 Å². The Morgan fingerprint density at radius 3 is 2.54 bits per heavy atom. The fourth-order valence-electron chi connectivity index (χ4n) is 2.96. The van der Waals surface area contributed by atoms with Gasteiger partial charge in [0.1, 0.15) is 0 Å². The van der Waals surface area contributed by atoms with Gasteiger partial charge in [0.15, 0.2) is 0 Å². The number of carbonyl (C=O) groups is 2. The number of nitrogens with one attached hydrogen (secondary N) is 3. The van der Waals surface area contributed by atoms with Crippen LogP contribution in [0.1, 0.15) is 50.4 Å². The van der Waals surface area contributed by atoms with Crippen molar-refractivity contribution < 1.29 is 9.59 Å². The van der Waals surface area contributed by atoms with E-state index < -0.39 is 0 Å². The molecule has 1 heterocycles. The van der Waals surface area contributed by atoms with Crippen LogP contribution >= 0.6 is 24.0 Å². The Labute approximate surface area is 167 Å². The first-order valence-electron chi connectivity index (χ1n) is 8.87. The van der Waals surface area contributed by atoms with Crippen molar-refractivity contribution in [3.63, 3.8) is 0 Å². The Bertz CT molecular complexity index is 629. The number of hydrogen-bond acceptors (Lipinski definition) is 3. The maximum atomic E-state index is 12.5. The van der Waals surface area contributed by atoms with E-state index in [0.717, 1.165) is 25.9 Å². The first-order valence-corrected chi connectivity index (χ1v) is 9.25. The summed E-state index contributed by atoms with van der Waals surface area (Å²) in [5.41, 5.74) is 1.09. The summed E-state index contributed by atoms with van der Waals surface area (Å²) < 4.78 is 0. The van der Waals surface area contributed by atoms with E-state index in [-0.39, 0.29) is 35.6 Å². The molecule has 0 unspecified atom stereocenters. The van der Waals surface area contributed by atoms with E-state index in [1.165, 1.54) is 0 Å². The smallest absolute Gasteiger partial charge is 0.252 e. The molecular formula is C19H29Cl2N3O2. The Kier molecular flexibility index (Phi) is 8.87. The van der Waals surface area contributed by atoms with Crippen molar-refractivity contribution in [3.8, 4) is 0 Å². The van der Waals surface area contributed by atoms with Crippen LogP contribution in [0, 0.1) is 11.3 Å². The Balaban J connectivity index is 0.00000338. The van der Waals surface area contributed by atoms with Gasteiger partial charge in [-0.1, -0.05) is 32.4 Å². The van der Waals surface area contributed by atoms with Gasteiger partial charge in [0.05, 0.1) is 10.6 Å². The standard InChI is InChI=1S/C19H28ClN3O2.ClH/c1-13(2)10-17(24)23-14-4-5-16(20)15(11-14)18(25)22-12-19(3)6-8-21-9-7-19;/h4-5,11,13,21H,6-10,12H2,1-3H3,(H,22,25)(H,23,24);1H. The van der Waals surface area contributed by atoms with Crippen LogP contribution in [0.2, 0.25) is 5.02 Å². The number of benzene rings is 1. The molecule has 1 aliphatic rings. The van der Waals surface area contributed by atoms with Crippen molar-refractivity contribution in [2.24, 2.45) is 11.3 Å². The predicted octanol–water partition coefficient (Wildman–Crippen LogP) is 3.87. The van der Waals surface area contributed by atoms with E-state index in [4.69, 9.17) is 11.6 Å². The van der Waals surface area contributed by atoms with Crippen LogP contribution in [-0.2, 0) is 4.79 Å². The number of amides is 2. The summed E-state index contributed by atoms with van der Waals surface area (Å²) in [6, 6.07) is 5.00. The normalized spacial score (nSPS) is 15.9. The zero-order valence-corrected chi connectivity index (χ0v) is 17.2. The molecular weight excluding hydrogens is 373 g/mol. The number of anilines is 1. The van der Waals surface area contributed by atoms with Gasteiger partial charge in [0, 0.05) is 18.7 Å². The number of hydrogen-bond donors (Lipinski definition) is 3. The molecule has 0 spiro atoms. The second-order valence-electron chi connectivity index (χ2n) is 7.58. The van der Waals surface area contributed by atoms with Crippen molar-refractivity contribution in [1.29, 1.82) is 0 Å². The maximum Gasteiger partial charge on any atom is 0.252 e. The second kappa shape index (κ2) is 10.1. The van der Waals surface area contributed by atoms with E-state index in [1.807, 2.05) is 13.8 Å². The molecule has 0 atom stereocenters. The quantitative estimate of drug-likeness (QED) is 0.677. The molecule has 2 amide bonds. The molecule has 5 nitrogen and oxygen atoms in total. The van der Waals surface area contributed by atoms with Gasteiger partial charge in [-0.05, 0) is 55.5 Å². The molecule has 1 aromatic carbocycles. The van der Waals surface area contributed by atoms with Crippen LogP contribution in [0.25, 0.3) is 0 Å². The third-order valence-corrected chi connectivity index (χ3v) is 4.90. The molecule has 0 aliphatic carbocycles. The summed E-state index contributed by atoms with van der Waals surface area (Å²) in [7, 11) is 0. The molecule has 1 aliphatic heterocycles.